The normalized spacial score (nSPS) is 11.1. The summed E-state index contributed by atoms with van der Waals surface area (Å²) < 4.78 is 7.09. The molecule has 4 aromatic carbocycles. The van der Waals surface area contributed by atoms with Crippen LogP contribution in [-0.2, 0) is 11.3 Å². The predicted molar refractivity (Wildman–Crippen MR) is 154 cm³/mol. The molecule has 1 heterocycles. The highest BCUT2D eigenvalue weighted by molar-refractivity contribution is 7.99. The van der Waals surface area contributed by atoms with Crippen molar-refractivity contribution in [3.05, 3.63) is 102 Å². The maximum Gasteiger partial charge on any atom is 0.250 e. The van der Waals surface area contributed by atoms with Gasteiger partial charge in [-0.15, -0.1) is 10.2 Å². The molecule has 5 aromatic rings. The summed E-state index contributed by atoms with van der Waals surface area (Å²) in [5, 5.41) is 29.1. The number of rotatable bonds is 10. The molecule has 0 radical (unpaired) electrons. The van der Waals surface area contributed by atoms with E-state index in [2.05, 4.69) is 44.2 Å². The number of fused-ring (bicyclic) bond motifs is 1. The van der Waals surface area contributed by atoms with Gasteiger partial charge in [0.05, 0.1) is 25.6 Å². The van der Waals surface area contributed by atoms with Crippen LogP contribution in [0.4, 0.5) is 5.69 Å². The average molecular weight is 539 g/mol. The van der Waals surface area contributed by atoms with Gasteiger partial charge in [-0.3, -0.25) is 9.36 Å². The predicted octanol–water partition coefficient (Wildman–Crippen LogP) is 4.99. The lowest BCUT2D eigenvalue weighted by Crippen LogP contribution is -2.20. The maximum absolute atomic E-state index is 12.5. The van der Waals surface area contributed by atoms with Crippen molar-refractivity contribution in [2.24, 2.45) is 5.10 Å². The Bertz CT molecular complexity index is 1620. The fourth-order valence-electron chi connectivity index (χ4n) is 4.00. The average Bonchev–Trinajstić information content (AvgIpc) is 3.39. The quantitative estimate of drug-likeness (QED) is 0.130. The van der Waals surface area contributed by atoms with Crippen LogP contribution in [0.5, 0.6) is 11.5 Å². The first kappa shape index (κ1) is 25.8. The molecule has 0 aliphatic rings. The Morgan fingerprint density at radius 3 is 2.67 bits per heavy atom. The maximum atomic E-state index is 12.5. The van der Waals surface area contributed by atoms with Crippen LogP contribution in [0.1, 0.15) is 11.4 Å². The molecule has 0 aliphatic carbocycles. The van der Waals surface area contributed by atoms with Crippen LogP contribution in [0.25, 0.3) is 16.5 Å². The number of hydrogen-bond donors (Lipinski definition) is 3. The lowest BCUT2D eigenvalue weighted by atomic mass is 10.1. The number of aromatic hydroxyl groups is 1. The summed E-state index contributed by atoms with van der Waals surface area (Å²) in [7, 11) is 1.53. The molecular formula is C29H26N6O3S. The number of ether oxygens (including phenoxy) is 1. The van der Waals surface area contributed by atoms with Crippen molar-refractivity contribution in [1.82, 2.24) is 20.2 Å². The van der Waals surface area contributed by atoms with E-state index in [1.807, 2.05) is 59.2 Å². The molecule has 0 spiro atoms. The SMILES string of the molecule is COc1ccc(O)c(/C=N/NC(=O)CSc2nnc(CNc3cccc4ccccc34)n2-c2ccccc2)c1. The van der Waals surface area contributed by atoms with E-state index in [-0.39, 0.29) is 17.4 Å². The van der Waals surface area contributed by atoms with Gasteiger partial charge >= 0.3 is 0 Å². The number of carbonyl (C=O) groups excluding carboxylic acids is 1. The van der Waals surface area contributed by atoms with Crippen molar-refractivity contribution >= 4 is 40.3 Å². The monoisotopic (exact) mass is 538 g/mol. The van der Waals surface area contributed by atoms with E-state index in [0.29, 0.717) is 28.8 Å². The van der Waals surface area contributed by atoms with Crippen molar-refractivity contribution < 1.29 is 14.6 Å². The first-order valence-corrected chi connectivity index (χ1v) is 13.1. The minimum atomic E-state index is -0.323. The zero-order valence-electron chi connectivity index (χ0n) is 21.1. The molecule has 1 amide bonds. The molecule has 0 atom stereocenters. The Kier molecular flexibility index (Phi) is 8.03. The zero-order valence-corrected chi connectivity index (χ0v) is 21.9. The molecule has 9 nitrogen and oxygen atoms in total. The molecule has 0 fully saturated rings. The van der Waals surface area contributed by atoms with E-state index in [1.165, 1.54) is 31.2 Å². The molecule has 0 saturated carbocycles. The highest BCUT2D eigenvalue weighted by atomic mass is 32.2. The fourth-order valence-corrected chi connectivity index (χ4v) is 4.76. The summed E-state index contributed by atoms with van der Waals surface area (Å²) in [5.41, 5.74) is 4.81. The van der Waals surface area contributed by atoms with Crippen molar-refractivity contribution in [1.29, 1.82) is 0 Å². The molecule has 196 valence electrons. The van der Waals surface area contributed by atoms with Crippen molar-refractivity contribution in [3.8, 4) is 17.2 Å². The standard InChI is InChI=1S/C29H26N6O3S/c1-38-23-14-15-26(36)21(16-23)17-31-33-28(37)19-39-29-34-32-27(35(29)22-10-3-2-4-11-22)18-30-25-13-7-9-20-8-5-6-12-24(20)25/h2-17,30,36H,18-19H2,1H3,(H,33,37)/b31-17+. The third-order valence-electron chi connectivity index (χ3n) is 5.90. The van der Waals surface area contributed by atoms with Gasteiger partial charge in [0.15, 0.2) is 11.0 Å². The van der Waals surface area contributed by atoms with Crippen molar-refractivity contribution in [3.63, 3.8) is 0 Å². The number of benzene rings is 4. The Labute approximate surface area is 229 Å². The topological polar surface area (TPSA) is 114 Å². The van der Waals surface area contributed by atoms with Crippen LogP contribution in [0.2, 0.25) is 0 Å². The van der Waals surface area contributed by atoms with Gasteiger partial charge < -0.3 is 15.2 Å². The second-order valence-electron chi connectivity index (χ2n) is 8.46. The summed E-state index contributed by atoms with van der Waals surface area (Å²) in [5.74, 6) is 1.06. The van der Waals surface area contributed by atoms with E-state index < -0.39 is 0 Å². The van der Waals surface area contributed by atoms with E-state index in [0.717, 1.165) is 22.1 Å². The van der Waals surface area contributed by atoms with Gasteiger partial charge in [0.1, 0.15) is 11.5 Å². The third-order valence-corrected chi connectivity index (χ3v) is 6.83. The summed E-state index contributed by atoms with van der Waals surface area (Å²) in [6.07, 6.45) is 1.37. The number of thioether (sulfide) groups is 1. The molecule has 0 saturated heterocycles. The molecule has 0 unspecified atom stereocenters. The Morgan fingerprint density at radius 2 is 1.82 bits per heavy atom. The van der Waals surface area contributed by atoms with E-state index in [4.69, 9.17) is 4.74 Å². The second-order valence-corrected chi connectivity index (χ2v) is 9.40. The Hall–Kier alpha value is -4.83. The van der Waals surface area contributed by atoms with Crippen LogP contribution in [-0.4, -0.2) is 44.9 Å². The second kappa shape index (κ2) is 12.1. The number of nitrogens with zero attached hydrogens (tertiary/aromatic N) is 4. The number of methoxy groups -OCH3 is 1. The smallest absolute Gasteiger partial charge is 0.250 e. The summed E-state index contributed by atoms with van der Waals surface area (Å²) in [6.45, 7) is 0.441. The lowest BCUT2D eigenvalue weighted by molar-refractivity contribution is -0.118. The molecular weight excluding hydrogens is 512 g/mol. The van der Waals surface area contributed by atoms with Crippen LogP contribution in [0.3, 0.4) is 0 Å². The van der Waals surface area contributed by atoms with Gasteiger partial charge in [-0.05, 0) is 41.8 Å². The summed E-state index contributed by atoms with van der Waals surface area (Å²) >= 11 is 1.26. The van der Waals surface area contributed by atoms with Crippen LogP contribution < -0.4 is 15.5 Å². The van der Waals surface area contributed by atoms with Gasteiger partial charge in [-0.1, -0.05) is 66.4 Å². The van der Waals surface area contributed by atoms with Gasteiger partial charge in [-0.25, -0.2) is 5.43 Å². The number of aromatic nitrogens is 3. The van der Waals surface area contributed by atoms with Gasteiger partial charge in [0, 0.05) is 22.3 Å². The molecule has 0 aliphatic heterocycles. The lowest BCUT2D eigenvalue weighted by Gasteiger charge is -2.12. The first-order chi connectivity index (χ1) is 19.1. The number of phenols is 1. The van der Waals surface area contributed by atoms with Crippen LogP contribution >= 0.6 is 11.8 Å². The van der Waals surface area contributed by atoms with Crippen LogP contribution in [0.15, 0.2) is 101 Å². The van der Waals surface area contributed by atoms with Gasteiger partial charge in [0.25, 0.3) is 5.91 Å². The number of amides is 1. The molecule has 10 heteroatoms. The Balaban J connectivity index is 1.28. The molecule has 5 rings (SSSR count). The molecule has 1 aromatic heterocycles. The number of carbonyl (C=O) groups is 1. The first-order valence-electron chi connectivity index (χ1n) is 12.2. The van der Waals surface area contributed by atoms with E-state index in [1.54, 1.807) is 12.1 Å². The zero-order chi connectivity index (χ0) is 27.0. The number of hydrogen-bond acceptors (Lipinski definition) is 8. The summed E-state index contributed by atoms with van der Waals surface area (Å²) in [6, 6.07) is 28.9. The summed E-state index contributed by atoms with van der Waals surface area (Å²) in [4.78, 5) is 12.5. The number of para-hydroxylation sites is 1. The number of hydrazone groups is 1. The highest BCUT2D eigenvalue weighted by Gasteiger charge is 2.16. The Morgan fingerprint density at radius 1 is 1.03 bits per heavy atom. The molecule has 3 N–H and O–H groups in total. The van der Waals surface area contributed by atoms with E-state index in [9.17, 15) is 9.90 Å². The van der Waals surface area contributed by atoms with Gasteiger partial charge in [-0.2, -0.15) is 5.10 Å². The minimum Gasteiger partial charge on any atom is -0.507 e. The molecule has 0 bridgehead atoms. The largest absolute Gasteiger partial charge is 0.507 e. The van der Waals surface area contributed by atoms with Crippen LogP contribution in [0, 0.1) is 0 Å². The number of nitrogens with one attached hydrogen (secondary N) is 2. The van der Waals surface area contributed by atoms with Gasteiger partial charge in [0.2, 0.25) is 0 Å². The fraction of sp³-hybridized carbons (Fsp3) is 0.103. The van der Waals surface area contributed by atoms with E-state index >= 15 is 0 Å². The number of phenolic OH excluding ortho intramolecular Hbond substituents is 1. The number of anilines is 1. The minimum absolute atomic E-state index is 0.0313. The highest BCUT2D eigenvalue weighted by Crippen LogP contribution is 2.26. The van der Waals surface area contributed by atoms with Crippen molar-refractivity contribution in [2.45, 2.75) is 11.7 Å². The van der Waals surface area contributed by atoms with Crippen molar-refractivity contribution in [2.75, 3.05) is 18.2 Å². The molecule has 39 heavy (non-hydrogen) atoms. The third kappa shape index (κ3) is 6.19.